The predicted octanol–water partition coefficient (Wildman–Crippen LogP) is 9.35. The third-order valence-corrected chi connectivity index (χ3v) is 7.76. The smallest absolute Gasteiger partial charge is 0.164 e. The molecule has 7 aromatic rings. The molecule has 0 fully saturated rings. The second-order valence-electron chi connectivity index (χ2n) is 10.6. The molecule has 0 atom stereocenters. The molecule has 0 amide bonds. The number of hydrogen-bond acceptors (Lipinski definition) is 5. The van der Waals surface area contributed by atoms with Crippen LogP contribution in [0.1, 0.15) is 5.56 Å². The van der Waals surface area contributed by atoms with Gasteiger partial charge in [-0.1, -0.05) is 121 Å². The standard InChI is InChI=1S/C39H31N5/c1-40-35-18-10-11-19-36(35)41-26-27-20-21-31-25-32(23-22-30(31)24-27)33-16-8-9-17-34(33)39-43-37(28-12-4-2-5-13-28)42-38(44-39)29-14-6-3-7-15-29/h2-25,40-41H,26H2,1H3. The lowest BCUT2D eigenvalue weighted by atomic mass is 9.96. The van der Waals surface area contributed by atoms with E-state index in [1.165, 1.54) is 16.3 Å². The SMILES string of the molecule is CNc1ccccc1NCc1ccc2cc(-c3ccccc3-c3nc(-c4ccccc4)nc(-c4ccccc4)n3)ccc2c1. The fourth-order valence-corrected chi connectivity index (χ4v) is 5.48. The lowest BCUT2D eigenvalue weighted by Crippen LogP contribution is -2.02. The molecule has 0 aliphatic rings. The van der Waals surface area contributed by atoms with E-state index in [0.29, 0.717) is 17.5 Å². The van der Waals surface area contributed by atoms with Gasteiger partial charge < -0.3 is 10.6 Å². The van der Waals surface area contributed by atoms with Crippen LogP contribution in [-0.4, -0.2) is 22.0 Å². The summed E-state index contributed by atoms with van der Waals surface area (Å²) < 4.78 is 0. The van der Waals surface area contributed by atoms with E-state index in [2.05, 4.69) is 77.4 Å². The van der Waals surface area contributed by atoms with E-state index in [1.54, 1.807) is 0 Å². The Morgan fingerprint density at radius 1 is 0.455 bits per heavy atom. The van der Waals surface area contributed by atoms with Crippen molar-refractivity contribution >= 4 is 22.1 Å². The Balaban J connectivity index is 1.25. The van der Waals surface area contributed by atoms with Crippen LogP contribution in [0, 0.1) is 0 Å². The molecule has 212 valence electrons. The van der Waals surface area contributed by atoms with Gasteiger partial charge in [0.25, 0.3) is 0 Å². The summed E-state index contributed by atoms with van der Waals surface area (Å²) in [6.07, 6.45) is 0. The summed E-state index contributed by atoms with van der Waals surface area (Å²) in [6, 6.07) is 50.0. The molecule has 0 unspecified atom stereocenters. The van der Waals surface area contributed by atoms with E-state index in [1.807, 2.05) is 85.9 Å². The van der Waals surface area contributed by atoms with Gasteiger partial charge in [0.05, 0.1) is 11.4 Å². The Bertz CT molecular complexity index is 2000. The first-order valence-corrected chi connectivity index (χ1v) is 14.8. The molecule has 44 heavy (non-hydrogen) atoms. The molecular weight excluding hydrogens is 538 g/mol. The van der Waals surface area contributed by atoms with Crippen molar-refractivity contribution in [1.82, 2.24) is 15.0 Å². The Labute approximate surface area is 257 Å². The third kappa shape index (κ3) is 5.63. The molecule has 0 spiro atoms. The number of nitrogens with one attached hydrogen (secondary N) is 2. The van der Waals surface area contributed by atoms with Gasteiger partial charge in [-0.05, 0) is 51.7 Å². The first-order chi connectivity index (χ1) is 21.7. The second-order valence-corrected chi connectivity index (χ2v) is 10.6. The van der Waals surface area contributed by atoms with Crippen LogP contribution in [0.2, 0.25) is 0 Å². The van der Waals surface area contributed by atoms with Crippen LogP contribution in [-0.2, 0) is 6.54 Å². The first kappa shape index (κ1) is 27.0. The van der Waals surface area contributed by atoms with Gasteiger partial charge in [0.1, 0.15) is 0 Å². The van der Waals surface area contributed by atoms with E-state index in [9.17, 15) is 0 Å². The van der Waals surface area contributed by atoms with Crippen molar-refractivity contribution in [3.8, 4) is 45.3 Å². The Morgan fingerprint density at radius 2 is 1.00 bits per heavy atom. The van der Waals surface area contributed by atoms with Crippen LogP contribution in [0.15, 0.2) is 146 Å². The maximum absolute atomic E-state index is 4.98. The summed E-state index contributed by atoms with van der Waals surface area (Å²) in [5.74, 6) is 1.96. The van der Waals surface area contributed by atoms with Crippen molar-refractivity contribution in [2.45, 2.75) is 6.54 Å². The highest BCUT2D eigenvalue weighted by Crippen LogP contribution is 2.34. The number of hydrogen-bond donors (Lipinski definition) is 2. The van der Waals surface area contributed by atoms with Gasteiger partial charge in [-0.25, -0.2) is 15.0 Å². The van der Waals surface area contributed by atoms with Crippen molar-refractivity contribution in [1.29, 1.82) is 0 Å². The lowest BCUT2D eigenvalue weighted by Gasteiger charge is -2.13. The summed E-state index contributed by atoms with van der Waals surface area (Å²) >= 11 is 0. The van der Waals surface area contributed by atoms with Crippen LogP contribution < -0.4 is 10.6 Å². The third-order valence-electron chi connectivity index (χ3n) is 7.76. The van der Waals surface area contributed by atoms with E-state index in [4.69, 9.17) is 15.0 Å². The molecule has 0 saturated carbocycles. The molecule has 0 bridgehead atoms. The van der Waals surface area contributed by atoms with Gasteiger partial charge in [-0.2, -0.15) is 0 Å². The number of fused-ring (bicyclic) bond motifs is 1. The molecule has 5 nitrogen and oxygen atoms in total. The van der Waals surface area contributed by atoms with Crippen molar-refractivity contribution in [3.63, 3.8) is 0 Å². The van der Waals surface area contributed by atoms with Crippen LogP contribution in [0.25, 0.3) is 56.1 Å². The van der Waals surface area contributed by atoms with Crippen LogP contribution >= 0.6 is 0 Å². The number of anilines is 2. The van der Waals surface area contributed by atoms with E-state index in [0.717, 1.165) is 45.7 Å². The number of nitrogens with zero attached hydrogens (tertiary/aromatic N) is 3. The highest BCUT2D eigenvalue weighted by molar-refractivity contribution is 5.91. The van der Waals surface area contributed by atoms with E-state index < -0.39 is 0 Å². The van der Waals surface area contributed by atoms with Gasteiger partial charge in [-0.15, -0.1) is 0 Å². The maximum Gasteiger partial charge on any atom is 0.164 e. The average Bonchev–Trinajstić information content (AvgIpc) is 3.11. The highest BCUT2D eigenvalue weighted by atomic mass is 15.0. The largest absolute Gasteiger partial charge is 0.386 e. The molecule has 0 aliphatic heterocycles. The molecule has 6 aromatic carbocycles. The number of aromatic nitrogens is 3. The summed E-state index contributed by atoms with van der Waals surface area (Å²) in [6.45, 7) is 0.742. The molecule has 7 rings (SSSR count). The minimum Gasteiger partial charge on any atom is -0.386 e. The summed E-state index contributed by atoms with van der Waals surface area (Å²) in [4.78, 5) is 14.8. The molecule has 0 aliphatic carbocycles. The Hall–Kier alpha value is -5.81. The predicted molar refractivity (Wildman–Crippen MR) is 182 cm³/mol. The normalized spacial score (nSPS) is 10.9. The van der Waals surface area contributed by atoms with Gasteiger partial charge >= 0.3 is 0 Å². The van der Waals surface area contributed by atoms with Crippen molar-refractivity contribution in [2.24, 2.45) is 0 Å². The van der Waals surface area contributed by atoms with Crippen LogP contribution in [0.3, 0.4) is 0 Å². The Kier molecular flexibility index (Phi) is 7.50. The first-order valence-electron chi connectivity index (χ1n) is 14.8. The summed E-state index contributed by atoms with van der Waals surface area (Å²) in [5.41, 5.74) is 8.47. The molecule has 5 heteroatoms. The fourth-order valence-electron chi connectivity index (χ4n) is 5.48. The van der Waals surface area contributed by atoms with Crippen molar-refractivity contribution in [3.05, 3.63) is 151 Å². The highest BCUT2D eigenvalue weighted by Gasteiger charge is 2.15. The lowest BCUT2D eigenvalue weighted by molar-refractivity contribution is 1.07. The zero-order valence-electron chi connectivity index (χ0n) is 24.4. The second kappa shape index (κ2) is 12.2. The zero-order valence-corrected chi connectivity index (χ0v) is 24.4. The molecule has 2 N–H and O–H groups in total. The van der Waals surface area contributed by atoms with Crippen LogP contribution in [0.4, 0.5) is 11.4 Å². The minimum atomic E-state index is 0.650. The summed E-state index contributed by atoms with van der Waals surface area (Å²) in [7, 11) is 1.94. The van der Waals surface area contributed by atoms with E-state index >= 15 is 0 Å². The zero-order chi connectivity index (χ0) is 29.7. The van der Waals surface area contributed by atoms with E-state index in [-0.39, 0.29) is 0 Å². The number of benzene rings is 6. The Morgan fingerprint density at radius 3 is 1.68 bits per heavy atom. The summed E-state index contributed by atoms with van der Waals surface area (Å²) in [5, 5.41) is 9.19. The fraction of sp³-hybridized carbons (Fsp3) is 0.0513. The van der Waals surface area contributed by atoms with Gasteiger partial charge in [0.2, 0.25) is 0 Å². The quantitative estimate of drug-likeness (QED) is 0.191. The van der Waals surface area contributed by atoms with Gasteiger partial charge in [0, 0.05) is 30.3 Å². The molecule has 0 saturated heterocycles. The van der Waals surface area contributed by atoms with Gasteiger partial charge in [-0.3, -0.25) is 0 Å². The average molecular weight is 570 g/mol. The molecule has 1 aromatic heterocycles. The minimum absolute atomic E-state index is 0.650. The van der Waals surface area contributed by atoms with Crippen LogP contribution in [0.5, 0.6) is 0 Å². The topological polar surface area (TPSA) is 62.7 Å². The molecule has 1 heterocycles. The maximum atomic E-state index is 4.98. The monoisotopic (exact) mass is 569 g/mol. The van der Waals surface area contributed by atoms with Crippen molar-refractivity contribution < 1.29 is 0 Å². The molecular formula is C39H31N5. The number of para-hydroxylation sites is 2. The van der Waals surface area contributed by atoms with Gasteiger partial charge in [0.15, 0.2) is 17.5 Å². The molecule has 0 radical (unpaired) electrons. The van der Waals surface area contributed by atoms with Crippen molar-refractivity contribution in [2.75, 3.05) is 17.7 Å². The number of rotatable bonds is 8.